The summed E-state index contributed by atoms with van der Waals surface area (Å²) in [5, 5.41) is 28.9. The second-order valence-electron chi connectivity index (χ2n) is 5.61. The number of ether oxygens (including phenoxy) is 2. The van der Waals surface area contributed by atoms with Crippen LogP contribution in [0.25, 0.3) is 0 Å². The molecule has 0 aliphatic carbocycles. The Balaban J connectivity index is 2.03. The Kier molecular flexibility index (Phi) is 6.47. The first-order chi connectivity index (χ1) is 11.1. The van der Waals surface area contributed by atoms with Crippen LogP contribution in [0.2, 0.25) is 0 Å². The fourth-order valence-electron chi connectivity index (χ4n) is 2.50. The highest BCUT2D eigenvalue weighted by Gasteiger charge is 2.48. The van der Waals surface area contributed by atoms with Gasteiger partial charge >= 0.3 is 5.97 Å². The van der Waals surface area contributed by atoms with Gasteiger partial charge in [0, 0.05) is 6.07 Å². The standard InChI is InChI=1S/C16H24NO6/c1-2-3-4-8-22-16(21)11-6-5-7-17(9-11)15-14(20)13(19)12(10-18)23-15/h5-7,9,12-15,18-20H,2-4,8,10H2,1H3/q+1/t12-,13+,14+,15-/m1/s1. The summed E-state index contributed by atoms with van der Waals surface area (Å²) in [5.41, 5.74) is 0.335. The van der Waals surface area contributed by atoms with Crippen LogP contribution < -0.4 is 4.57 Å². The quantitative estimate of drug-likeness (QED) is 0.368. The monoisotopic (exact) mass is 326 g/mol. The maximum Gasteiger partial charge on any atom is 0.344 e. The molecule has 7 heteroatoms. The zero-order chi connectivity index (χ0) is 16.8. The van der Waals surface area contributed by atoms with Crippen molar-refractivity contribution in [3.05, 3.63) is 30.1 Å². The van der Waals surface area contributed by atoms with Crippen LogP contribution >= 0.6 is 0 Å². The van der Waals surface area contributed by atoms with Crippen molar-refractivity contribution in [1.29, 1.82) is 0 Å². The van der Waals surface area contributed by atoms with E-state index in [-0.39, 0.29) is 0 Å². The van der Waals surface area contributed by atoms with Crippen LogP contribution in [-0.2, 0) is 9.47 Å². The first-order valence-corrected chi connectivity index (χ1v) is 7.88. The second kappa shape index (κ2) is 8.35. The van der Waals surface area contributed by atoms with Crippen LogP contribution in [0.4, 0.5) is 0 Å². The van der Waals surface area contributed by atoms with Crippen LogP contribution in [0.3, 0.4) is 0 Å². The zero-order valence-electron chi connectivity index (χ0n) is 13.2. The van der Waals surface area contributed by atoms with E-state index < -0.39 is 37.1 Å². The number of esters is 1. The van der Waals surface area contributed by atoms with Gasteiger partial charge in [-0.1, -0.05) is 19.8 Å². The molecule has 1 aliphatic heterocycles. The predicted octanol–water partition coefficient (Wildman–Crippen LogP) is -0.0674. The number of rotatable bonds is 7. The Labute approximate surface area is 135 Å². The van der Waals surface area contributed by atoms with Crippen LogP contribution in [0, 0.1) is 0 Å². The molecule has 2 heterocycles. The average molecular weight is 326 g/mol. The van der Waals surface area contributed by atoms with Gasteiger partial charge in [-0.25, -0.2) is 4.79 Å². The molecule has 23 heavy (non-hydrogen) atoms. The first-order valence-electron chi connectivity index (χ1n) is 7.88. The molecule has 0 unspecified atom stereocenters. The minimum Gasteiger partial charge on any atom is -0.462 e. The van der Waals surface area contributed by atoms with E-state index in [1.807, 2.05) is 0 Å². The Morgan fingerprint density at radius 2 is 2.13 bits per heavy atom. The molecule has 1 aliphatic rings. The number of hydrogen-bond acceptors (Lipinski definition) is 6. The average Bonchev–Trinajstić information content (AvgIpc) is 2.86. The van der Waals surface area contributed by atoms with E-state index in [2.05, 4.69) is 6.92 Å². The highest BCUT2D eigenvalue weighted by atomic mass is 16.6. The number of hydrogen-bond donors (Lipinski definition) is 3. The minimum atomic E-state index is -1.19. The summed E-state index contributed by atoms with van der Waals surface area (Å²) >= 11 is 0. The molecule has 0 saturated carbocycles. The zero-order valence-corrected chi connectivity index (χ0v) is 13.2. The summed E-state index contributed by atoms with van der Waals surface area (Å²) in [5.74, 6) is -0.442. The fourth-order valence-corrected chi connectivity index (χ4v) is 2.50. The third-order valence-electron chi connectivity index (χ3n) is 3.85. The van der Waals surface area contributed by atoms with Gasteiger partial charge in [0.1, 0.15) is 17.8 Å². The smallest absolute Gasteiger partial charge is 0.344 e. The maximum atomic E-state index is 12.0. The molecule has 0 spiro atoms. The highest BCUT2D eigenvalue weighted by Crippen LogP contribution is 2.25. The van der Waals surface area contributed by atoms with Crippen molar-refractivity contribution in [3.63, 3.8) is 0 Å². The predicted molar refractivity (Wildman–Crippen MR) is 79.5 cm³/mol. The lowest BCUT2D eigenvalue weighted by molar-refractivity contribution is -0.765. The number of aromatic nitrogens is 1. The van der Waals surface area contributed by atoms with E-state index >= 15 is 0 Å². The highest BCUT2D eigenvalue weighted by molar-refractivity contribution is 5.88. The summed E-state index contributed by atoms with van der Waals surface area (Å²) in [4.78, 5) is 12.0. The molecule has 0 radical (unpaired) electrons. The Bertz CT molecular complexity index is 523. The molecule has 2 rings (SSSR count). The number of pyridine rings is 1. The third-order valence-corrected chi connectivity index (χ3v) is 3.85. The number of carbonyl (C=O) groups is 1. The topological polar surface area (TPSA) is 100 Å². The number of carbonyl (C=O) groups excluding carboxylic acids is 1. The molecule has 0 amide bonds. The molecule has 1 fully saturated rings. The Hall–Kier alpha value is -1.54. The van der Waals surface area contributed by atoms with Crippen LogP contribution in [0.5, 0.6) is 0 Å². The SMILES string of the molecule is CCCCCOC(=O)c1ccc[n+]([C@@H]2O[C@H](CO)[C@H](O)[C@@H]2O)c1. The molecular formula is C16H24NO6+. The van der Waals surface area contributed by atoms with Crippen molar-refractivity contribution < 1.29 is 34.2 Å². The molecule has 1 aromatic heterocycles. The van der Waals surface area contributed by atoms with E-state index in [4.69, 9.17) is 14.6 Å². The molecule has 128 valence electrons. The van der Waals surface area contributed by atoms with Crippen molar-refractivity contribution in [2.75, 3.05) is 13.2 Å². The summed E-state index contributed by atoms with van der Waals surface area (Å²) in [7, 11) is 0. The van der Waals surface area contributed by atoms with Gasteiger partial charge in [0.15, 0.2) is 18.5 Å². The normalized spacial score (nSPS) is 27.1. The molecule has 0 bridgehead atoms. The summed E-state index contributed by atoms with van der Waals surface area (Å²) in [6.45, 7) is 2.05. The lowest BCUT2D eigenvalue weighted by Crippen LogP contribution is -2.46. The Morgan fingerprint density at radius 3 is 2.78 bits per heavy atom. The number of aliphatic hydroxyl groups excluding tert-OH is 3. The van der Waals surface area contributed by atoms with Gasteiger partial charge in [-0.15, -0.1) is 0 Å². The molecule has 0 aromatic carbocycles. The van der Waals surface area contributed by atoms with Crippen molar-refractivity contribution in [2.24, 2.45) is 0 Å². The molecule has 7 nitrogen and oxygen atoms in total. The van der Waals surface area contributed by atoms with E-state index in [1.54, 1.807) is 18.3 Å². The van der Waals surface area contributed by atoms with E-state index in [9.17, 15) is 15.0 Å². The lowest BCUT2D eigenvalue weighted by atomic mass is 10.1. The summed E-state index contributed by atoms with van der Waals surface area (Å²) in [6, 6.07) is 3.25. The number of aliphatic hydroxyl groups is 3. The van der Waals surface area contributed by atoms with Gasteiger partial charge in [0.25, 0.3) is 6.23 Å². The van der Waals surface area contributed by atoms with Crippen molar-refractivity contribution in [1.82, 2.24) is 0 Å². The van der Waals surface area contributed by atoms with Gasteiger partial charge in [0.2, 0.25) is 0 Å². The molecular weight excluding hydrogens is 302 g/mol. The van der Waals surface area contributed by atoms with Crippen LogP contribution in [-0.4, -0.2) is 52.8 Å². The summed E-state index contributed by atoms with van der Waals surface area (Å²) < 4.78 is 12.1. The van der Waals surface area contributed by atoms with Crippen molar-refractivity contribution in [2.45, 2.75) is 50.7 Å². The van der Waals surface area contributed by atoms with Gasteiger partial charge in [-0.05, 0) is 12.5 Å². The van der Waals surface area contributed by atoms with Gasteiger partial charge in [-0.2, -0.15) is 4.57 Å². The molecule has 3 N–H and O–H groups in total. The number of unbranched alkanes of at least 4 members (excludes halogenated alkanes) is 2. The molecule has 1 aromatic rings. The summed E-state index contributed by atoms with van der Waals surface area (Å²) in [6.07, 6.45) is 1.91. The first kappa shape index (κ1) is 17.8. The third kappa shape index (κ3) is 4.26. The number of nitrogens with zero attached hydrogens (tertiary/aromatic N) is 1. The molecule has 4 atom stereocenters. The van der Waals surface area contributed by atoms with E-state index in [1.165, 1.54) is 10.8 Å². The van der Waals surface area contributed by atoms with Gasteiger partial charge in [-0.3, -0.25) is 0 Å². The Morgan fingerprint density at radius 1 is 1.35 bits per heavy atom. The molecule has 1 saturated heterocycles. The minimum absolute atomic E-state index is 0.335. The largest absolute Gasteiger partial charge is 0.462 e. The second-order valence-corrected chi connectivity index (χ2v) is 5.61. The maximum absolute atomic E-state index is 12.0. The van der Waals surface area contributed by atoms with E-state index in [0.717, 1.165) is 19.3 Å². The van der Waals surface area contributed by atoms with Crippen LogP contribution in [0.1, 0.15) is 42.8 Å². The van der Waals surface area contributed by atoms with Gasteiger partial charge < -0.3 is 24.8 Å². The fraction of sp³-hybridized carbons (Fsp3) is 0.625. The van der Waals surface area contributed by atoms with Crippen molar-refractivity contribution >= 4 is 5.97 Å². The van der Waals surface area contributed by atoms with E-state index in [0.29, 0.717) is 12.2 Å². The lowest BCUT2D eigenvalue weighted by Gasteiger charge is -2.10. The van der Waals surface area contributed by atoms with Crippen molar-refractivity contribution in [3.8, 4) is 0 Å². The van der Waals surface area contributed by atoms with Crippen LogP contribution in [0.15, 0.2) is 24.5 Å². The van der Waals surface area contributed by atoms with Gasteiger partial charge in [0.05, 0.1) is 13.2 Å².